The molecule has 0 aliphatic heterocycles. The van der Waals surface area contributed by atoms with E-state index in [4.69, 9.17) is 4.74 Å². The number of ether oxygens (including phenoxy) is 1. The third kappa shape index (κ3) is 5.46. The Morgan fingerprint density at radius 3 is 2.52 bits per heavy atom. The maximum atomic E-state index is 13.3. The van der Waals surface area contributed by atoms with Gasteiger partial charge in [-0.2, -0.15) is 0 Å². The van der Waals surface area contributed by atoms with Crippen LogP contribution in [0.25, 0.3) is 0 Å². The third-order valence-corrected chi connectivity index (χ3v) is 4.98. The molecule has 0 saturated heterocycles. The first-order chi connectivity index (χ1) is 14.9. The maximum Gasteiger partial charge on any atom is 0.293 e. The largest absolute Gasteiger partial charge is 0.497 e. The predicted octanol–water partition coefficient (Wildman–Crippen LogP) is 4.72. The number of likely N-dealkylation sites (N-methyl/N-ethyl adjacent to an activating group) is 1. The predicted molar refractivity (Wildman–Crippen MR) is 120 cm³/mol. The molecule has 0 heterocycles. The zero-order valence-electron chi connectivity index (χ0n) is 17.7. The number of hydrogen-bond acceptors (Lipinski definition) is 5. The summed E-state index contributed by atoms with van der Waals surface area (Å²) in [5, 5.41) is 14.2. The van der Waals surface area contributed by atoms with Gasteiger partial charge in [0.2, 0.25) is 5.91 Å². The van der Waals surface area contributed by atoms with Crippen LogP contribution in [0.2, 0.25) is 0 Å². The van der Waals surface area contributed by atoms with Crippen LogP contribution in [0.4, 0.5) is 11.4 Å². The highest BCUT2D eigenvalue weighted by Gasteiger charge is 2.27. The van der Waals surface area contributed by atoms with Gasteiger partial charge in [0.15, 0.2) is 0 Å². The first-order valence-electron chi connectivity index (χ1n) is 9.83. The van der Waals surface area contributed by atoms with Crippen LogP contribution in [0.5, 0.6) is 5.75 Å². The number of rotatable bonds is 8. The molecule has 1 unspecified atom stereocenters. The molecule has 1 amide bonds. The Morgan fingerprint density at radius 2 is 1.84 bits per heavy atom. The van der Waals surface area contributed by atoms with Crippen LogP contribution in [0.15, 0.2) is 72.8 Å². The fourth-order valence-electron chi connectivity index (χ4n) is 3.49. The molecule has 7 nitrogen and oxygen atoms in total. The van der Waals surface area contributed by atoms with Crippen molar-refractivity contribution in [2.75, 3.05) is 19.5 Å². The SMILES string of the molecule is COc1cccc(CN(C)C(C(=O)Nc2ccc(C)cc2[N+](=O)[O-])c2ccccc2)c1. The van der Waals surface area contributed by atoms with Crippen molar-refractivity contribution >= 4 is 17.3 Å². The number of nitrogens with zero attached hydrogens (tertiary/aromatic N) is 2. The molecule has 1 atom stereocenters. The molecule has 0 fully saturated rings. The van der Waals surface area contributed by atoms with E-state index in [0.717, 1.165) is 22.4 Å². The van der Waals surface area contributed by atoms with Gasteiger partial charge in [0.1, 0.15) is 17.5 Å². The average Bonchev–Trinajstić information content (AvgIpc) is 2.76. The van der Waals surface area contributed by atoms with E-state index >= 15 is 0 Å². The molecule has 3 rings (SSSR count). The average molecular weight is 419 g/mol. The summed E-state index contributed by atoms with van der Waals surface area (Å²) >= 11 is 0. The van der Waals surface area contributed by atoms with Gasteiger partial charge >= 0.3 is 0 Å². The van der Waals surface area contributed by atoms with Crippen molar-refractivity contribution in [1.82, 2.24) is 4.90 Å². The van der Waals surface area contributed by atoms with Gasteiger partial charge < -0.3 is 10.1 Å². The van der Waals surface area contributed by atoms with Crippen molar-refractivity contribution in [3.63, 3.8) is 0 Å². The number of nitro benzene ring substituents is 1. The van der Waals surface area contributed by atoms with Crippen molar-refractivity contribution in [3.05, 3.63) is 99.6 Å². The van der Waals surface area contributed by atoms with Gasteiger partial charge in [-0.1, -0.05) is 48.5 Å². The number of carbonyl (C=O) groups is 1. The van der Waals surface area contributed by atoms with E-state index in [1.807, 2.05) is 66.5 Å². The van der Waals surface area contributed by atoms with E-state index in [2.05, 4.69) is 5.32 Å². The van der Waals surface area contributed by atoms with Crippen molar-refractivity contribution in [2.24, 2.45) is 0 Å². The lowest BCUT2D eigenvalue weighted by atomic mass is 10.0. The molecule has 0 aliphatic rings. The van der Waals surface area contributed by atoms with E-state index in [-0.39, 0.29) is 17.3 Å². The molecule has 160 valence electrons. The summed E-state index contributed by atoms with van der Waals surface area (Å²) in [6.45, 7) is 2.26. The maximum absolute atomic E-state index is 13.3. The molecule has 31 heavy (non-hydrogen) atoms. The summed E-state index contributed by atoms with van der Waals surface area (Å²) < 4.78 is 5.29. The smallest absolute Gasteiger partial charge is 0.293 e. The molecule has 1 N–H and O–H groups in total. The molecular formula is C24H25N3O4. The number of aryl methyl sites for hydroxylation is 1. The Morgan fingerprint density at radius 1 is 1.10 bits per heavy atom. The Hall–Kier alpha value is -3.71. The lowest BCUT2D eigenvalue weighted by Gasteiger charge is -2.27. The fourth-order valence-corrected chi connectivity index (χ4v) is 3.49. The third-order valence-electron chi connectivity index (χ3n) is 4.98. The van der Waals surface area contributed by atoms with E-state index in [1.165, 1.54) is 6.07 Å². The highest BCUT2D eigenvalue weighted by Crippen LogP contribution is 2.29. The Bertz CT molecular complexity index is 1070. The van der Waals surface area contributed by atoms with Gasteiger partial charge in [0.05, 0.1) is 12.0 Å². The molecule has 0 spiro atoms. The van der Waals surface area contributed by atoms with Gasteiger partial charge in [-0.25, -0.2) is 0 Å². The molecule has 0 radical (unpaired) electrons. The summed E-state index contributed by atoms with van der Waals surface area (Å²) in [7, 11) is 3.46. The van der Waals surface area contributed by atoms with Crippen molar-refractivity contribution in [3.8, 4) is 5.75 Å². The number of nitrogens with one attached hydrogen (secondary N) is 1. The van der Waals surface area contributed by atoms with Crippen molar-refractivity contribution < 1.29 is 14.5 Å². The first kappa shape index (κ1) is 22.0. The Kier molecular flexibility index (Phi) is 6.99. The van der Waals surface area contributed by atoms with Crippen molar-refractivity contribution in [1.29, 1.82) is 0 Å². The second kappa shape index (κ2) is 9.86. The number of anilines is 1. The summed E-state index contributed by atoms with van der Waals surface area (Å²) in [6, 6.07) is 21.1. The zero-order valence-corrected chi connectivity index (χ0v) is 17.7. The van der Waals surface area contributed by atoms with Crippen LogP contribution in [-0.2, 0) is 11.3 Å². The van der Waals surface area contributed by atoms with E-state index in [9.17, 15) is 14.9 Å². The monoisotopic (exact) mass is 419 g/mol. The van der Waals surface area contributed by atoms with Gasteiger partial charge in [0.25, 0.3) is 5.69 Å². The lowest BCUT2D eigenvalue weighted by molar-refractivity contribution is -0.384. The highest BCUT2D eigenvalue weighted by molar-refractivity contribution is 5.97. The van der Waals surface area contributed by atoms with E-state index < -0.39 is 11.0 Å². The van der Waals surface area contributed by atoms with Gasteiger partial charge in [-0.3, -0.25) is 19.8 Å². The Labute approximate surface area is 181 Å². The molecule has 7 heteroatoms. The molecule has 0 saturated carbocycles. The second-order valence-corrected chi connectivity index (χ2v) is 7.35. The molecule has 0 aromatic heterocycles. The number of carbonyl (C=O) groups excluding carboxylic acids is 1. The highest BCUT2D eigenvalue weighted by atomic mass is 16.6. The molecule has 3 aromatic carbocycles. The van der Waals surface area contributed by atoms with Crippen LogP contribution < -0.4 is 10.1 Å². The standard InChI is InChI=1S/C24H25N3O4/c1-17-12-13-21(22(14-17)27(29)30)25-24(28)23(19-9-5-4-6-10-19)26(2)16-18-8-7-11-20(15-18)31-3/h4-15,23H,16H2,1-3H3,(H,25,28). The minimum absolute atomic E-state index is 0.129. The van der Waals surface area contributed by atoms with Crippen LogP contribution in [0.1, 0.15) is 22.7 Å². The summed E-state index contributed by atoms with van der Waals surface area (Å²) in [5.41, 5.74) is 2.57. The number of hydrogen-bond donors (Lipinski definition) is 1. The summed E-state index contributed by atoms with van der Waals surface area (Å²) in [5.74, 6) is 0.394. The number of amides is 1. The Balaban J connectivity index is 1.90. The van der Waals surface area contributed by atoms with Crippen LogP contribution in [0.3, 0.4) is 0 Å². The molecule has 0 bridgehead atoms. The van der Waals surface area contributed by atoms with E-state index in [0.29, 0.717) is 6.54 Å². The van der Waals surface area contributed by atoms with E-state index in [1.54, 1.807) is 26.2 Å². The van der Waals surface area contributed by atoms with Crippen molar-refractivity contribution in [2.45, 2.75) is 19.5 Å². The topological polar surface area (TPSA) is 84.7 Å². The minimum Gasteiger partial charge on any atom is -0.497 e. The van der Waals surface area contributed by atoms with Crippen LogP contribution in [-0.4, -0.2) is 29.9 Å². The minimum atomic E-state index is -0.645. The zero-order chi connectivity index (χ0) is 22.4. The number of benzene rings is 3. The lowest BCUT2D eigenvalue weighted by Crippen LogP contribution is -2.34. The summed E-state index contributed by atoms with van der Waals surface area (Å²) in [6.07, 6.45) is 0. The fraction of sp³-hybridized carbons (Fsp3) is 0.208. The van der Waals surface area contributed by atoms with Crippen LogP contribution in [0, 0.1) is 17.0 Å². The summed E-state index contributed by atoms with van der Waals surface area (Å²) in [4.78, 5) is 26.2. The van der Waals surface area contributed by atoms with Gasteiger partial charge in [-0.15, -0.1) is 0 Å². The normalized spacial score (nSPS) is 11.7. The molecule has 0 aliphatic carbocycles. The van der Waals surface area contributed by atoms with Gasteiger partial charge in [-0.05, 0) is 48.9 Å². The van der Waals surface area contributed by atoms with Gasteiger partial charge in [0, 0.05) is 12.6 Å². The molecular weight excluding hydrogens is 394 g/mol. The number of nitro groups is 1. The quantitative estimate of drug-likeness (QED) is 0.422. The molecule has 3 aromatic rings. The second-order valence-electron chi connectivity index (χ2n) is 7.35. The number of methoxy groups -OCH3 is 1. The van der Waals surface area contributed by atoms with Crippen LogP contribution >= 0.6 is 0 Å². The first-order valence-corrected chi connectivity index (χ1v) is 9.83.